The molecule has 0 amide bonds. The number of rotatable bonds is 5. The van der Waals surface area contributed by atoms with Crippen molar-refractivity contribution in [3.05, 3.63) is 12.2 Å². The predicted octanol–water partition coefficient (Wildman–Crippen LogP) is 2.76. The van der Waals surface area contributed by atoms with Gasteiger partial charge in [-0.2, -0.15) is 4.98 Å². The molecular weight excluding hydrogens is 264 g/mol. The van der Waals surface area contributed by atoms with Crippen LogP contribution >= 0.6 is 11.6 Å². The number of fused-ring (bicyclic) bond motifs is 1. The van der Waals surface area contributed by atoms with E-state index in [-0.39, 0.29) is 0 Å². The Hall–Kier alpha value is -1.36. The lowest BCUT2D eigenvalue weighted by Crippen LogP contribution is -2.15. The van der Waals surface area contributed by atoms with Gasteiger partial charge in [-0.25, -0.2) is 9.97 Å². The van der Waals surface area contributed by atoms with E-state index in [9.17, 15) is 0 Å². The molecule has 2 aromatic heterocycles. The largest absolute Gasteiger partial charge is 0.479 e. The molecule has 1 aliphatic rings. The van der Waals surface area contributed by atoms with Gasteiger partial charge in [-0.3, -0.25) is 0 Å². The van der Waals surface area contributed by atoms with Gasteiger partial charge in [-0.15, -0.1) is 11.6 Å². The maximum Gasteiger partial charge on any atom is 0.245 e. The van der Waals surface area contributed by atoms with Crippen LogP contribution in [0.3, 0.4) is 0 Å². The fourth-order valence-electron chi connectivity index (χ4n) is 2.54. The van der Waals surface area contributed by atoms with Crippen molar-refractivity contribution in [1.29, 1.82) is 0 Å². The molecule has 0 bridgehead atoms. The van der Waals surface area contributed by atoms with Crippen LogP contribution in [0.4, 0.5) is 0 Å². The van der Waals surface area contributed by atoms with Crippen molar-refractivity contribution in [3.63, 3.8) is 0 Å². The summed E-state index contributed by atoms with van der Waals surface area (Å²) in [5, 5.41) is 0. The van der Waals surface area contributed by atoms with Gasteiger partial charge >= 0.3 is 0 Å². The van der Waals surface area contributed by atoms with Crippen molar-refractivity contribution >= 4 is 22.8 Å². The fraction of sp³-hybridized carbons (Fsp3) is 0.615. The van der Waals surface area contributed by atoms with Gasteiger partial charge in [0.15, 0.2) is 11.2 Å². The van der Waals surface area contributed by atoms with E-state index < -0.39 is 0 Å². The first-order valence-corrected chi connectivity index (χ1v) is 7.17. The Morgan fingerprint density at radius 1 is 1.42 bits per heavy atom. The predicted molar refractivity (Wildman–Crippen MR) is 73.4 cm³/mol. The Kier molecular flexibility index (Phi) is 3.55. The molecule has 0 unspecified atom stereocenters. The molecule has 5 nitrogen and oxygen atoms in total. The van der Waals surface area contributed by atoms with E-state index in [0.29, 0.717) is 17.3 Å². The van der Waals surface area contributed by atoms with Crippen molar-refractivity contribution in [3.8, 4) is 5.88 Å². The average molecular weight is 281 g/mol. The third-order valence-corrected chi connectivity index (χ3v) is 4.12. The van der Waals surface area contributed by atoms with Crippen LogP contribution in [-0.2, 0) is 12.4 Å². The third-order valence-electron chi connectivity index (χ3n) is 3.88. The Labute approximate surface area is 117 Å². The number of methoxy groups -OCH3 is 1. The number of hydrogen-bond acceptors (Lipinski definition) is 4. The fourth-order valence-corrected chi connectivity index (χ4v) is 2.74. The van der Waals surface area contributed by atoms with Crippen molar-refractivity contribution < 1.29 is 4.74 Å². The molecule has 0 atom stereocenters. The van der Waals surface area contributed by atoms with Gasteiger partial charge in [-0.05, 0) is 12.3 Å². The van der Waals surface area contributed by atoms with E-state index in [2.05, 4.69) is 19.5 Å². The highest BCUT2D eigenvalue weighted by Gasteiger charge is 2.20. The van der Waals surface area contributed by atoms with Gasteiger partial charge in [-0.1, -0.05) is 19.3 Å². The summed E-state index contributed by atoms with van der Waals surface area (Å²) in [6.07, 6.45) is 6.75. The zero-order valence-corrected chi connectivity index (χ0v) is 11.7. The van der Waals surface area contributed by atoms with Gasteiger partial charge in [0, 0.05) is 6.54 Å². The number of ether oxygens (including phenoxy) is 1. The Bertz CT molecular complexity index is 579. The molecule has 0 spiro atoms. The molecule has 2 aromatic rings. The van der Waals surface area contributed by atoms with Crippen molar-refractivity contribution in [2.45, 2.75) is 38.1 Å². The first kappa shape index (κ1) is 12.7. The molecular formula is C13H17ClN4O. The van der Waals surface area contributed by atoms with E-state index in [1.165, 1.54) is 32.0 Å². The van der Waals surface area contributed by atoms with Crippen LogP contribution in [0.25, 0.3) is 11.2 Å². The van der Waals surface area contributed by atoms with Crippen LogP contribution in [0.5, 0.6) is 5.88 Å². The summed E-state index contributed by atoms with van der Waals surface area (Å²) in [5.41, 5.74) is 1.52. The summed E-state index contributed by atoms with van der Waals surface area (Å²) in [4.78, 5) is 12.9. The van der Waals surface area contributed by atoms with Crippen LogP contribution in [0.1, 0.15) is 31.5 Å². The number of aromatic nitrogens is 4. The SMILES string of the molecule is COc1ncnc2c1nc(CCl)n2CCC1CCC1. The number of imidazole rings is 1. The minimum Gasteiger partial charge on any atom is -0.479 e. The molecule has 3 rings (SSSR count). The second kappa shape index (κ2) is 5.33. The summed E-state index contributed by atoms with van der Waals surface area (Å²) in [7, 11) is 1.59. The second-order valence-electron chi connectivity index (χ2n) is 4.95. The number of hydrogen-bond donors (Lipinski definition) is 0. The molecule has 1 fully saturated rings. The number of nitrogens with zero attached hydrogens (tertiary/aromatic N) is 4. The lowest BCUT2D eigenvalue weighted by atomic mass is 9.83. The number of halogens is 1. The quantitative estimate of drug-likeness (QED) is 0.790. The minimum atomic E-state index is 0.379. The highest BCUT2D eigenvalue weighted by Crippen LogP contribution is 2.31. The third kappa shape index (κ3) is 2.27. The van der Waals surface area contributed by atoms with Crippen molar-refractivity contribution in [1.82, 2.24) is 19.5 Å². The maximum atomic E-state index is 5.99. The summed E-state index contributed by atoms with van der Waals surface area (Å²) < 4.78 is 7.33. The van der Waals surface area contributed by atoms with Crippen molar-refractivity contribution in [2.24, 2.45) is 5.92 Å². The van der Waals surface area contributed by atoms with E-state index >= 15 is 0 Å². The lowest BCUT2D eigenvalue weighted by molar-refractivity contribution is 0.282. The van der Waals surface area contributed by atoms with Gasteiger partial charge in [0.1, 0.15) is 12.2 Å². The van der Waals surface area contributed by atoms with Crippen LogP contribution in [0.15, 0.2) is 6.33 Å². The van der Waals surface area contributed by atoms with E-state index in [1.54, 1.807) is 7.11 Å². The molecule has 6 heteroatoms. The van der Waals surface area contributed by atoms with Crippen LogP contribution in [0, 0.1) is 5.92 Å². The summed E-state index contributed by atoms with van der Waals surface area (Å²) in [5.74, 6) is 2.59. The molecule has 0 aromatic carbocycles. The average Bonchev–Trinajstić information content (AvgIpc) is 2.75. The molecule has 1 saturated carbocycles. The monoisotopic (exact) mass is 280 g/mol. The number of aryl methyl sites for hydroxylation is 1. The van der Waals surface area contributed by atoms with Gasteiger partial charge in [0.2, 0.25) is 5.88 Å². The number of alkyl halides is 1. The van der Waals surface area contributed by atoms with E-state index in [4.69, 9.17) is 16.3 Å². The molecule has 0 saturated heterocycles. The Morgan fingerprint density at radius 2 is 2.26 bits per heavy atom. The van der Waals surface area contributed by atoms with Gasteiger partial charge in [0.25, 0.3) is 0 Å². The molecule has 0 aliphatic heterocycles. The summed E-state index contributed by atoms with van der Waals surface area (Å²) >= 11 is 5.99. The van der Waals surface area contributed by atoms with E-state index in [0.717, 1.165) is 23.9 Å². The van der Waals surface area contributed by atoms with Crippen LogP contribution in [0.2, 0.25) is 0 Å². The minimum absolute atomic E-state index is 0.379. The summed E-state index contributed by atoms with van der Waals surface area (Å²) in [6.45, 7) is 0.920. The molecule has 1 aliphatic carbocycles. The smallest absolute Gasteiger partial charge is 0.245 e. The first-order valence-electron chi connectivity index (χ1n) is 6.63. The zero-order chi connectivity index (χ0) is 13.2. The molecule has 0 radical (unpaired) electrons. The van der Waals surface area contributed by atoms with Crippen LogP contribution < -0.4 is 4.74 Å². The Balaban J connectivity index is 1.95. The Morgan fingerprint density at radius 3 is 2.89 bits per heavy atom. The first-order chi connectivity index (χ1) is 9.33. The highest BCUT2D eigenvalue weighted by atomic mass is 35.5. The van der Waals surface area contributed by atoms with Crippen molar-refractivity contribution in [2.75, 3.05) is 7.11 Å². The maximum absolute atomic E-state index is 5.99. The van der Waals surface area contributed by atoms with E-state index in [1.807, 2.05) is 0 Å². The van der Waals surface area contributed by atoms with Gasteiger partial charge in [0.05, 0.1) is 13.0 Å². The lowest BCUT2D eigenvalue weighted by Gasteiger charge is -2.25. The summed E-state index contributed by atoms with van der Waals surface area (Å²) in [6, 6.07) is 0. The molecule has 19 heavy (non-hydrogen) atoms. The topological polar surface area (TPSA) is 52.8 Å². The molecule has 0 N–H and O–H groups in total. The van der Waals surface area contributed by atoms with Crippen LogP contribution in [-0.4, -0.2) is 26.6 Å². The molecule has 102 valence electrons. The standard InChI is InChI=1S/C13H17ClN4O/c1-19-13-11-12(15-8-16-13)18(10(7-14)17-11)6-5-9-3-2-4-9/h8-9H,2-7H2,1H3. The second-order valence-corrected chi connectivity index (χ2v) is 5.22. The van der Waals surface area contributed by atoms with Gasteiger partial charge < -0.3 is 9.30 Å². The normalized spacial score (nSPS) is 15.7. The molecule has 2 heterocycles. The highest BCUT2D eigenvalue weighted by molar-refractivity contribution is 6.16. The zero-order valence-electron chi connectivity index (χ0n) is 11.0.